The largest absolute Gasteiger partial charge is 0.297 e. The second-order valence-corrected chi connectivity index (χ2v) is 6.09. The molecule has 0 atom stereocenters. The third kappa shape index (κ3) is 2.35. The minimum Gasteiger partial charge on any atom is -0.297 e. The Bertz CT molecular complexity index is 944. The third-order valence-electron chi connectivity index (χ3n) is 3.82. The maximum atomic E-state index is 6.37. The van der Waals surface area contributed by atoms with E-state index in [9.17, 15) is 0 Å². The summed E-state index contributed by atoms with van der Waals surface area (Å²) in [5.41, 5.74) is 4.23. The molecule has 1 aliphatic heterocycles. The Labute approximate surface area is 143 Å². The molecule has 4 rings (SSSR count). The van der Waals surface area contributed by atoms with E-state index in [0.717, 1.165) is 28.5 Å². The average Bonchev–Trinajstić information content (AvgIpc) is 2.82. The smallest absolute Gasteiger partial charge is 0.135 e. The zero-order chi connectivity index (χ0) is 16.0. The molecule has 3 heterocycles. The highest BCUT2D eigenvalue weighted by atomic mass is 35.5. The van der Waals surface area contributed by atoms with Crippen molar-refractivity contribution in [3.8, 4) is 5.69 Å². The quantitative estimate of drug-likeness (QED) is 0.621. The van der Waals surface area contributed by atoms with Crippen LogP contribution in [0.1, 0.15) is 22.8 Å². The number of nitrogens with zero attached hydrogens (tertiary/aromatic N) is 4. The van der Waals surface area contributed by atoms with E-state index >= 15 is 0 Å². The molecule has 0 bridgehead atoms. The normalized spacial score (nSPS) is 13.1. The van der Waals surface area contributed by atoms with Crippen LogP contribution in [0, 0.1) is 6.92 Å². The summed E-state index contributed by atoms with van der Waals surface area (Å²) in [7, 11) is 0. The predicted octanol–water partition coefficient (Wildman–Crippen LogP) is 4.23. The van der Waals surface area contributed by atoms with Crippen molar-refractivity contribution in [1.29, 1.82) is 0 Å². The number of aromatic nitrogens is 3. The molecule has 0 saturated carbocycles. The van der Waals surface area contributed by atoms with Crippen LogP contribution in [-0.4, -0.2) is 20.2 Å². The molecule has 1 aliphatic rings. The molecule has 23 heavy (non-hydrogen) atoms. The molecule has 0 spiro atoms. The number of aryl methyl sites for hydroxylation is 1. The van der Waals surface area contributed by atoms with Crippen molar-refractivity contribution >= 4 is 28.9 Å². The van der Waals surface area contributed by atoms with E-state index in [1.165, 1.54) is 0 Å². The van der Waals surface area contributed by atoms with Gasteiger partial charge < -0.3 is 0 Å². The van der Waals surface area contributed by atoms with Crippen LogP contribution in [0.4, 0.5) is 0 Å². The third-order valence-corrected chi connectivity index (χ3v) is 4.36. The number of pyridine rings is 1. The molecule has 0 N–H and O–H groups in total. The van der Waals surface area contributed by atoms with E-state index in [1.54, 1.807) is 6.07 Å². The number of benzene rings is 1. The van der Waals surface area contributed by atoms with Crippen molar-refractivity contribution in [2.24, 2.45) is 4.99 Å². The lowest BCUT2D eigenvalue weighted by Crippen LogP contribution is -2.11. The molecule has 3 aromatic rings. The second-order valence-electron chi connectivity index (χ2n) is 5.30. The first-order valence-electron chi connectivity index (χ1n) is 7.15. The van der Waals surface area contributed by atoms with E-state index in [4.69, 9.17) is 28.2 Å². The Hall–Kier alpha value is -2.17. The van der Waals surface area contributed by atoms with Gasteiger partial charge in [0.2, 0.25) is 0 Å². The molecule has 0 saturated heterocycles. The SMILES string of the molecule is Cc1cnc2n1-c1ccc(Cl)nc1C(c1ccccc1Cl)=NC2. The lowest BCUT2D eigenvalue weighted by molar-refractivity contribution is 0.861. The number of imidazole rings is 1. The van der Waals surface area contributed by atoms with Crippen molar-refractivity contribution < 1.29 is 0 Å². The predicted molar refractivity (Wildman–Crippen MR) is 91.9 cm³/mol. The summed E-state index contributed by atoms with van der Waals surface area (Å²) >= 11 is 12.5. The van der Waals surface area contributed by atoms with Gasteiger partial charge in [0, 0.05) is 17.5 Å². The number of hydrogen-bond donors (Lipinski definition) is 0. The highest BCUT2D eigenvalue weighted by Gasteiger charge is 2.23. The van der Waals surface area contributed by atoms with Gasteiger partial charge in [0.15, 0.2) is 0 Å². The van der Waals surface area contributed by atoms with Crippen molar-refractivity contribution in [2.75, 3.05) is 0 Å². The Morgan fingerprint density at radius 1 is 1.09 bits per heavy atom. The fourth-order valence-corrected chi connectivity index (χ4v) is 3.17. The number of hydrogen-bond acceptors (Lipinski definition) is 3. The maximum Gasteiger partial charge on any atom is 0.135 e. The molecule has 2 aromatic heterocycles. The number of rotatable bonds is 1. The van der Waals surface area contributed by atoms with Gasteiger partial charge in [-0.05, 0) is 25.1 Å². The van der Waals surface area contributed by atoms with Crippen molar-refractivity contribution in [2.45, 2.75) is 13.5 Å². The summed E-state index contributed by atoms with van der Waals surface area (Å²) in [6.45, 7) is 2.47. The molecule has 0 radical (unpaired) electrons. The fraction of sp³-hybridized carbons (Fsp3) is 0.118. The second kappa shape index (κ2) is 5.48. The lowest BCUT2D eigenvalue weighted by atomic mass is 10.1. The van der Waals surface area contributed by atoms with Gasteiger partial charge in [-0.15, -0.1) is 0 Å². The molecule has 1 aromatic carbocycles. The van der Waals surface area contributed by atoms with Crippen molar-refractivity contribution in [3.63, 3.8) is 0 Å². The Balaban J connectivity index is 2.03. The molecule has 0 fully saturated rings. The first kappa shape index (κ1) is 14.4. The van der Waals surface area contributed by atoms with Gasteiger partial charge in [-0.2, -0.15) is 0 Å². The highest BCUT2D eigenvalue weighted by molar-refractivity contribution is 6.35. The first-order valence-corrected chi connectivity index (χ1v) is 7.90. The van der Waals surface area contributed by atoms with E-state index in [2.05, 4.69) is 14.5 Å². The van der Waals surface area contributed by atoms with Crippen molar-refractivity contribution in [1.82, 2.24) is 14.5 Å². The Morgan fingerprint density at radius 3 is 2.74 bits per heavy atom. The van der Waals surface area contributed by atoms with Gasteiger partial charge in [0.05, 0.1) is 23.0 Å². The van der Waals surface area contributed by atoms with Gasteiger partial charge in [0.1, 0.15) is 16.7 Å². The molecular formula is C17H12Cl2N4. The van der Waals surface area contributed by atoms with Crippen LogP contribution in [0.15, 0.2) is 47.6 Å². The minimum absolute atomic E-state index is 0.421. The van der Waals surface area contributed by atoms with E-state index in [-0.39, 0.29) is 0 Å². The van der Waals surface area contributed by atoms with Gasteiger partial charge in [0.25, 0.3) is 0 Å². The molecule has 114 valence electrons. The van der Waals surface area contributed by atoms with Crippen LogP contribution in [-0.2, 0) is 6.54 Å². The molecule has 0 amide bonds. The number of halogens is 2. The van der Waals surface area contributed by atoms with E-state index in [0.29, 0.717) is 22.4 Å². The molecular weight excluding hydrogens is 331 g/mol. The monoisotopic (exact) mass is 342 g/mol. The summed E-state index contributed by atoms with van der Waals surface area (Å²) < 4.78 is 2.06. The van der Waals surface area contributed by atoms with Crippen LogP contribution in [0.2, 0.25) is 10.2 Å². The molecule has 4 nitrogen and oxygen atoms in total. The first-order chi connectivity index (χ1) is 11.1. The standard InChI is InChI=1S/C17H12Cl2N4/c1-10-8-20-15-9-21-16(11-4-2-3-5-12(11)18)17-13(23(10)15)6-7-14(19)22-17/h2-8H,9H2,1H3. The molecule has 0 aliphatic carbocycles. The summed E-state index contributed by atoms with van der Waals surface area (Å²) in [5, 5.41) is 1.06. The van der Waals surface area contributed by atoms with Gasteiger partial charge in [-0.1, -0.05) is 41.4 Å². The zero-order valence-electron chi connectivity index (χ0n) is 12.3. The topological polar surface area (TPSA) is 43.1 Å². The van der Waals surface area contributed by atoms with Crippen LogP contribution in [0.25, 0.3) is 5.69 Å². The highest BCUT2D eigenvalue weighted by Crippen LogP contribution is 2.28. The Morgan fingerprint density at radius 2 is 1.91 bits per heavy atom. The van der Waals surface area contributed by atoms with E-state index < -0.39 is 0 Å². The minimum atomic E-state index is 0.421. The van der Waals surface area contributed by atoms with Crippen LogP contribution < -0.4 is 0 Å². The summed E-state index contributed by atoms with van der Waals surface area (Å²) in [6.07, 6.45) is 1.84. The maximum absolute atomic E-state index is 6.37. The summed E-state index contributed by atoms with van der Waals surface area (Å²) in [4.78, 5) is 13.7. The number of aliphatic imine (C=N–C) groups is 1. The van der Waals surface area contributed by atoms with E-state index in [1.807, 2.05) is 43.5 Å². The lowest BCUT2D eigenvalue weighted by Gasteiger charge is -2.13. The van der Waals surface area contributed by atoms with Gasteiger partial charge in [-0.25, -0.2) is 9.97 Å². The molecule has 6 heteroatoms. The fourth-order valence-electron chi connectivity index (χ4n) is 2.80. The Kier molecular flexibility index (Phi) is 3.43. The van der Waals surface area contributed by atoms with Crippen molar-refractivity contribution in [3.05, 3.63) is 75.5 Å². The van der Waals surface area contributed by atoms with Crippen LogP contribution in [0.3, 0.4) is 0 Å². The molecule has 0 unspecified atom stereocenters. The number of fused-ring (bicyclic) bond motifs is 3. The van der Waals surface area contributed by atoms with Gasteiger partial charge in [-0.3, -0.25) is 9.56 Å². The van der Waals surface area contributed by atoms with Gasteiger partial charge >= 0.3 is 0 Å². The zero-order valence-corrected chi connectivity index (χ0v) is 13.8. The average molecular weight is 343 g/mol. The van der Waals surface area contributed by atoms with Crippen LogP contribution >= 0.6 is 23.2 Å². The summed E-state index contributed by atoms with van der Waals surface area (Å²) in [5.74, 6) is 0.870. The summed E-state index contributed by atoms with van der Waals surface area (Å²) in [6, 6.07) is 11.3. The van der Waals surface area contributed by atoms with Crippen LogP contribution in [0.5, 0.6) is 0 Å².